The molecular formula is C19H15N5O2S. The fourth-order valence-corrected chi connectivity index (χ4v) is 3.14. The Bertz CT molecular complexity index is 1190. The number of rotatable bonds is 3. The van der Waals surface area contributed by atoms with Crippen LogP contribution in [0.15, 0.2) is 67.0 Å². The van der Waals surface area contributed by atoms with Gasteiger partial charge in [-0.25, -0.2) is 0 Å². The quantitative estimate of drug-likeness (QED) is 0.326. The van der Waals surface area contributed by atoms with Crippen LogP contribution in [0.5, 0.6) is 0 Å². The first-order valence-electron chi connectivity index (χ1n) is 8.18. The topological polar surface area (TPSA) is 94.7 Å². The zero-order valence-electron chi connectivity index (χ0n) is 14.0. The normalized spacial score (nSPS) is 10.7. The standard InChI is InChI=1S/C19H15N5O2S/c25-17(14-10-20-15-9-5-4-8-13(14)15)22-23-18(26)16-11-21-19(27)24(16)12-6-2-1-3-7-12/h1-11,20H,(H,21,27)(H,22,25)(H,23,26). The zero-order valence-corrected chi connectivity index (χ0v) is 14.8. The van der Waals surface area contributed by atoms with E-state index < -0.39 is 11.8 Å². The Hall–Kier alpha value is -3.65. The van der Waals surface area contributed by atoms with E-state index in [2.05, 4.69) is 20.8 Å². The number of aromatic nitrogens is 3. The maximum atomic E-state index is 12.6. The van der Waals surface area contributed by atoms with Crippen molar-refractivity contribution in [1.82, 2.24) is 25.4 Å². The maximum Gasteiger partial charge on any atom is 0.288 e. The second-order valence-electron chi connectivity index (χ2n) is 5.81. The predicted molar refractivity (Wildman–Crippen MR) is 104 cm³/mol. The van der Waals surface area contributed by atoms with Crippen molar-refractivity contribution in [3.63, 3.8) is 0 Å². The molecule has 4 aromatic rings. The summed E-state index contributed by atoms with van der Waals surface area (Å²) in [5.41, 5.74) is 7.20. The highest BCUT2D eigenvalue weighted by molar-refractivity contribution is 7.71. The highest BCUT2D eigenvalue weighted by Gasteiger charge is 2.17. The Kier molecular flexibility index (Phi) is 4.31. The van der Waals surface area contributed by atoms with Gasteiger partial charge in [-0.05, 0) is 30.4 Å². The zero-order chi connectivity index (χ0) is 18.8. The van der Waals surface area contributed by atoms with Gasteiger partial charge in [-0.3, -0.25) is 25.0 Å². The van der Waals surface area contributed by atoms with Gasteiger partial charge in [-0.2, -0.15) is 0 Å². The molecule has 0 aliphatic carbocycles. The van der Waals surface area contributed by atoms with E-state index in [0.29, 0.717) is 10.3 Å². The molecule has 2 aromatic heterocycles. The molecule has 27 heavy (non-hydrogen) atoms. The monoisotopic (exact) mass is 377 g/mol. The molecule has 0 saturated carbocycles. The lowest BCUT2D eigenvalue weighted by Crippen LogP contribution is -2.42. The lowest BCUT2D eigenvalue weighted by Gasteiger charge is -2.10. The number of para-hydroxylation sites is 2. The molecule has 2 aromatic carbocycles. The summed E-state index contributed by atoms with van der Waals surface area (Å²) in [6.45, 7) is 0. The molecule has 0 radical (unpaired) electrons. The van der Waals surface area contributed by atoms with Crippen LogP contribution in [0, 0.1) is 4.77 Å². The van der Waals surface area contributed by atoms with Crippen LogP contribution in [0.25, 0.3) is 16.6 Å². The summed E-state index contributed by atoms with van der Waals surface area (Å²) in [6.07, 6.45) is 3.11. The van der Waals surface area contributed by atoms with Gasteiger partial charge in [-0.1, -0.05) is 36.4 Å². The number of hydrogen-bond acceptors (Lipinski definition) is 3. The Balaban J connectivity index is 1.54. The third-order valence-corrected chi connectivity index (χ3v) is 4.45. The number of carbonyl (C=O) groups excluding carboxylic acids is 2. The number of aromatic amines is 2. The van der Waals surface area contributed by atoms with Crippen molar-refractivity contribution in [2.45, 2.75) is 0 Å². The fraction of sp³-hybridized carbons (Fsp3) is 0. The molecule has 0 fully saturated rings. The average Bonchev–Trinajstić information content (AvgIpc) is 3.30. The molecule has 7 nitrogen and oxygen atoms in total. The Morgan fingerprint density at radius 3 is 2.37 bits per heavy atom. The van der Waals surface area contributed by atoms with Crippen molar-refractivity contribution in [2.75, 3.05) is 0 Å². The molecule has 8 heteroatoms. The minimum Gasteiger partial charge on any atom is -0.360 e. The first-order chi connectivity index (χ1) is 13.1. The van der Waals surface area contributed by atoms with E-state index in [0.717, 1.165) is 16.6 Å². The van der Waals surface area contributed by atoms with Crippen molar-refractivity contribution in [3.05, 3.63) is 83.0 Å². The third kappa shape index (κ3) is 3.13. The number of nitrogens with one attached hydrogen (secondary N) is 4. The summed E-state index contributed by atoms with van der Waals surface area (Å²) >= 11 is 5.26. The Labute approximate surface area is 159 Å². The number of amides is 2. The third-order valence-electron chi connectivity index (χ3n) is 4.15. The van der Waals surface area contributed by atoms with E-state index in [1.54, 1.807) is 10.8 Å². The van der Waals surface area contributed by atoms with Gasteiger partial charge < -0.3 is 9.97 Å². The molecule has 0 saturated heterocycles. The highest BCUT2D eigenvalue weighted by atomic mass is 32.1. The van der Waals surface area contributed by atoms with Gasteiger partial charge in [0.25, 0.3) is 11.8 Å². The van der Waals surface area contributed by atoms with Crippen LogP contribution in [0.1, 0.15) is 20.8 Å². The molecule has 0 spiro atoms. The molecule has 0 unspecified atom stereocenters. The summed E-state index contributed by atoms with van der Waals surface area (Å²) in [4.78, 5) is 30.9. The van der Waals surface area contributed by atoms with E-state index in [1.807, 2.05) is 54.6 Å². The molecule has 2 heterocycles. The fourth-order valence-electron chi connectivity index (χ4n) is 2.87. The van der Waals surface area contributed by atoms with Crippen LogP contribution in [-0.4, -0.2) is 26.3 Å². The van der Waals surface area contributed by atoms with Gasteiger partial charge in [0.15, 0.2) is 4.77 Å². The number of H-pyrrole nitrogens is 2. The minimum absolute atomic E-state index is 0.283. The van der Waals surface area contributed by atoms with E-state index in [-0.39, 0.29) is 5.69 Å². The molecule has 0 atom stereocenters. The number of hydrogen-bond donors (Lipinski definition) is 4. The summed E-state index contributed by atoms with van der Waals surface area (Å²) in [5.74, 6) is -0.902. The van der Waals surface area contributed by atoms with Gasteiger partial charge in [0.2, 0.25) is 0 Å². The summed E-state index contributed by atoms with van der Waals surface area (Å²) in [7, 11) is 0. The van der Waals surface area contributed by atoms with Crippen LogP contribution in [0.2, 0.25) is 0 Å². The highest BCUT2D eigenvalue weighted by Crippen LogP contribution is 2.17. The van der Waals surface area contributed by atoms with Crippen LogP contribution in [-0.2, 0) is 0 Å². The first-order valence-corrected chi connectivity index (χ1v) is 8.58. The molecule has 2 amide bonds. The van der Waals surface area contributed by atoms with Crippen molar-refractivity contribution in [1.29, 1.82) is 0 Å². The second kappa shape index (κ2) is 6.93. The van der Waals surface area contributed by atoms with Gasteiger partial charge in [-0.15, -0.1) is 0 Å². The van der Waals surface area contributed by atoms with Crippen LogP contribution in [0.3, 0.4) is 0 Å². The van der Waals surface area contributed by atoms with Crippen molar-refractivity contribution < 1.29 is 9.59 Å². The van der Waals surface area contributed by atoms with Gasteiger partial charge >= 0.3 is 0 Å². The van der Waals surface area contributed by atoms with E-state index >= 15 is 0 Å². The summed E-state index contributed by atoms with van der Waals surface area (Å²) in [5, 5.41) is 0.776. The molecule has 4 N–H and O–H groups in total. The van der Waals surface area contributed by atoms with Crippen molar-refractivity contribution >= 4 is 34.9 Å². The minimum atomic E-state index is -0.487. The summed E-state index contributed by atoms with van der Waals surface area (Å²) in [6, 6.07) is 16.7. The lowest BCUT2D eigenvalue weighted by molar-refractivity contribution is 0.0843. The van der Waals surface area contributed by atoms with Gasteiger partial charge in [0.1, 0.15) is 5.69 Å². The van der Waals surface area contributed by atoms with Gasteiger partial charge in [0.05, 0.1) is 5.56 Å². The van der Waals surface area contributed by atoms with E-state index in [9.17, 15) is 9.59 Å². The number of carbonyl (C=O) groups is 2. The number of nitrogens with zero attached hydrogens (tertiary/aromatic N) is 1. The molecular weight excluding hydrogens is 362 g/mol. The predicted octanol–water partition coefficient (Wildman–Crippen LogP) is 3.09. The Morgan fingerprint density at radius 2 is 1.56 bits per heavy atom. The number of fused-ring (bicyclic) bond motifs is 1. The summed E-state index contributed by atoms with van der Waals surface area (Å²) < 4.78 is 1.98. The van der Waals surface area contributed by atoms with Gasteiger partial charge in [0, 0.05) is 29.0 Å². The van der Waals surface area contributed by atoms with E-state index in [1.165, 1.54) is 6.20 Å². The van der Waals surface area contributed by atoms with E-state index in [4.69, 9.17) is 12.2 Å². The molecule has 134 valence electrons. The second-order valence-corrected chi connectivity index (χ2v) is 6.19. The average molecular weight is 377 g/mol. The SMILES string of the molecule is O=C(NNC(=O)c1c[nH]c(=S)n1-c1ccccc1)c1c[nH]c2ccccc12. The first kappa shape index (κ1) is 16.8. The Morgan fingerprint density at radius 1 is 0.852 bits per heavy atom. The lowest BCUT2D eigenvalue weighted by atomic mass is 10.2. The molecule has 0 aliphatic rings. The van der Waals surface area contributed by atoms with Crippen LogP contribution in [0.4, 0.5) is 0 Å². The van der Waals surface area contributed by atoms with Crippen LogP contribution < -0.4 is 10.9 Å². The number of benzene rings is 2. The molecule has 4 rings (SSSR count). The molecule has 0 bridgehead atoms. The number of imidazole rings is 1. The number of hydrazine groups is 1. The van der Waals surface area contributed by atoms with Crippen molar-refractivity contribution in [2.24, 2.45) is 0 Å². The van der Waals surface area contributed by atoms with Crippen molar-refractivity contribution in [3.8, 4) is 5.69 Å². The maximum absolute atomic E-state index is 12.6. The van der Waals surface area contributed by atoms with Crippen LogP contribution >= 0.6 is 12.2 Å². The largest absolute Gasteiger partial charge is 0.360 e. The smallest absolute Gasteiger partial charge is 0.288 e. The molecule has 0 aliphatic heterocycles.